The normalized spacial score (nSPS) is 11.7. The fourth-order valence-corrected chi connectivity index (χ4v) is 2.53. The Balaban J connectivity index is 1.49. The van der Waals surface area contributed by atoms with E-state index in [-0.39, 0.29) is 5.82 Å². The first kappa shape index (κ1) is 16.1. The quantitative estimate of drug-likeness (QED) is 0.558. The van der Waals surface area contributed by atoms with Gasteiger partial charge in [-0.1, -0.05) is 30.3 Å². The lowest BCUT2D eigenvalue weighted by Crippen LogP contribution is -2.37. The van der Waals surface area contributed by atoms with Crippen LogP contribution in [0.3, 0.4) is 0 Å². The summed E-state index contributed by atoms with van der Waals surface area (Å²) in [6.45, 7) is 1.22. The molecule has 0 saturated carbocycles. The third kappa shape index (κ3) is 4.13. The number of furan rings is 1. The van der Waals surface area contributed by atoms with Gasteiger partial charge in [0.05, 0.1) is 6.54 Å². The second-order valence-electron chi connectivity index (χ2n) is 5.48. The molecule has 0 atom stereocenters. The number of halogens is 1. The van der Waals surface area contributed by atoms with Crippen LogP contribution in [-0.4, -0.2) is 19.6 Å². The van der Waals surface area contributed by atoms with Gasteiger partial charge in [0.25, 0.3) is 0 Å². The number of hydrogen-bond acceptors (Lipinski definition) is 2. The minimum Gasteiger partial charge on any atom is -0.459 e. The summed E-state index contributed by atoms with van der Waals surface area (Å²) in [5.74, 6) is 1.33. The lowest BCUT2D eigenvalue weighted by atomic mass is 10.1. The van der Waals surface area contributed by atoms with Gasteiger partial charge in [0.1, 0.15) is 17.2 Å². The maximum atomic E-state index is 13.1. The molecule has 24 heavy (non-hydrogen) atoms. The van der Waals surface area contributed by atoms with Crippen LogP contribution >= 0.6 is 0 Å². The fraction of sp³-hybridized carbons (Fsp3) is 0.211. The largest absolute Gasteiger partial charge is 0.459 e. The first-order valence-corrected chi connectivity index (χ1v) is 7.91. The van der Waals surface area contributed by atoms with Crippen molar-refractivity contribution in [2.45, 2.75) is 13.0 Å². The molecule has 124 valence electrons. The van der Waals surface area contributed by atoms with Gasteiger partial charge in [0.15, 0.2) is 5.96 Å². The molecule has 2 N–H and O–H groups in total. The molecule has 1 heterocycles. The van der Waals surface area contributed by atoms with Crippen molar-refractivity contribution in [1.29, 1.82) is 0 Å². The molecule has 0 bridgehead atoms. The molecule has 3 aromatic rings. The molecule has 3 rings (SSSR count). The minimum atomic E-state index is -0.208. The molecule has 0 saturated heterocycles. The summed E-state index contributed by atoms with van der Waals surface area (Å²) in [7, 11) is 1.72. The van der Waals surface area contributed by atoms with Gasteiger partial charge in [-0.15, -0.1) is 0 Å². The van der Waals surface area contributed by atoms with E-state index in [1.165, 1.54) is 6.07 Å². The number of nitrogens with zero attached hydrogens (tertiary/aromatic N) is 1. The van der Waals surface area contributed by atoms with Gasteiger partial charge < -0.3 is 15.1 Å². The summed E-state index contributed by atoms with van der Waals surface area (Å²) in [5.41, 5.74) is 1.83. The van der Waals surface area contributed by atoms with Crippen LogP contribution in [0.5, 0.6) is 0 Å². The number of guanidine groups is 1. The second-order valence-corrected chi connectivity index (χ2v) is 5.48. The number of rotatable bonds is 5. The summed E-state index contributed by atoms with van der Waals surface area (Å²) < 4.78 is 18.9. The predicted molar refractivity (Wildman–Crippen MR) is 94.5 cm³/mol. The molecule has 0 spiro atoms. The zero-order chi connectivity index (χ0) is 16.8. The van der Waals surface area contributed by atoms with Crippen LogP contribution in [0.1, 0.15) is 11.3 Å². The lowest BCUT2D eigenvalue weighted by Gasteiger charge is -2.10. The SMILES string of the molecule is CN=C(NCCc1cccc(F)c1)NCc1cc2ccccc2o1. The van der Waals surface area contributed by atoms with Crippen molar-refractivity contribution in [3.8, 4) is 0 Å². The Hall–Kier alpha value is -2.82. The Labute approximate surface area is 140 Å². The molecule has 5 heteroatoms. The molecule has 0 aliphatic carbocycles. The van der Waals surface area contributed by atoms with Crippen molar-refractivity contribution in [2.75, 3.05) is 13.6 Å². The maximum absolute atomic E-state index is 13.1. The molecule has 0 aliphatic rings. The monoisotopic (exact) mass is 325 g/mol. The van der Waals surface area contributed by atoms with Crippen LogP contribution in [-0.2, 0) is 13.0 Å². The van der Waals surface area contributed by atoms with Gasteiger partial charge in [-0.05, 0) is 36.2 Å². The van der Waals surface area contributed by atoms with Crippen molar-refractivity contribution in [3.63, 3.8) is 0 Å². The Morgan fingerprint density at radius 1 is 1.08 bits per heavy atom. The van der Waals surface area contributed by atoms with Crippen LogP contribution in [0.4, 0.5) is 4.39 Å². The minimum absolute atomic E-state index is 0.208. The molecule has 0 fully saturated rings. The van der Waals surface area contributed by atoms with E-state index < -0.39 is 0 Å². The van der Waals surface area contributed by atoms with Gasteiger partial charge in [-0.3, -0.25) is 4.99 Å². The van der Waals surface area contributed by atoms with Gasteiger partial charge in [-0.25, -0.2) is 4.39 Å². The number of aliphatic imine (C=N–C) groups is 1. The second kappa shape index (κ2) is 7.64. The van der Waals surface area contributed by atoms with Crippen LogP contribution in [0.15, 0.2) is 64.0 Å². The van der Waals surface area contributed by atoms with Crippen LogP contribution in [0.2, 0.25) is 0 Å². The van der Waals surface area contributed by atoms with Crippen molar-refractivity contribution >= 4 is 16.9 Å². The summed E-state index contributed by atoms with van der Waals surface area (Å²) in [6.07, 6.45) is 0.725. The highest BCUT2D eigenvalue weighted by atomic mass is 19.1. The van der Waals surface area contributed by atoms with Crippen molar-refractivity contribution in [1.82, 2.24) is 10.6 Å². The maximum Gasteiger partial charge on any atom is 0.191 e. The van der Waals surface area contributed by atoms with E-state index in [1.54, 1.807) is 19.2 Å². The third-order valence-electron chi connectivity index (χ3n) is 3.73. The molecular weight excluding hydrogens is 305 g/mol. The van der Waals surface area contributed by atoms with Crippen LogP contribution in [0.25, 0.3) is 11.0 Å². The van der Waals surface area contributed by atoms with E-state index in [0.717, 1.165) is 28.7 Å². The van der Waals surface area contributed by atoms with Gasteiger partial charge >= 0.3 is 0 Å². The van der Waals surface area contributed by atoms with Gasteiger partial charge in [0, 0.05) is 19.0 Å². The van der Waals surface area contributed by atoms with E-state index in [1.807, 2.05) is 36.4 Å². The average Bonchev–Trinajstić information content (AvgIpc) is 3.01. The highest BCUT2D eigenvalue weighted by Crippen LogP contribution is 2.18. The Bertz CT molecular complexity index is 808. The van der Waals surface area contributed by atoms with Crippen molar-refractivity contribution in [2.24, 2.45) is 4.99 Å². The van der Waals surface area contributed by atoms with Crippen molar-refractivity contribution in [3.05, 3.63) is 71.7 Å². The number of hydrogen-bond donors (Lipinski definition) is 2. The third-order valence-corrected chi connectivity index (χ3v) is 3.73. The topological polar surface area (TPSA) is 49.6 Å². The molecule has 4 nitrogen and oxygen atoms in total. The van der Waals surface area contributed by atoms with Gasteiger partial charge in [-0.2, -0.15) is 0 Å². The van der Waals surface area contributed by atoms with E-state index >= 15 is 0 Å². The molecule has 0 aliphatic heterocycles. The van der Waals surface area contributed by atoms with E-state index in [4.69, 9.17) is 4.42 Å². The lowest BCUT2D eigenvalue weighted by molar-refractivity contribution is 0.538. The van der Waals surface area contributed by atoms with Crippen LogP contribution in [0, 0.1) is 5.82 Å². The summed E-state index contributed by atoms with van der Waals surface area (Å²) in [5, 5.41) is 7.52. The zero-order valence-electron chi connectivity index (χ0n) is 13.6. The molecule has 2 aromatic carbocycles. The highest BCUT2D eigenvalue weighted by Gasteiger charge is 2.04. The Kier molecular flexibility index (Phi) is 5.11. The summed E-state index contributed by atoms with van der Waals surface area (Å²) in [4.78, 5) is 4.18. The predicted octanol–water partition coefficient (Wildman–Crippen LogP) is 3.48. The van der Waals surface area contributed by atoms with E-state index in [9.17, 15) is 4.39 Å². The van der Waals surface area contributed by atoms with Crippen molar-refractivity contribution < 1.29 is 8.81 Å². The smallest absolute Gasteiger partial charge is 0.191 e. The molecule has 0 radical (unpaired) electrons. The van der Waals surface area contributed by atoms with Gasteiger partial charge in [0.2, 0.25) is 0 Å². The molecule has 0 amide bonds. The highest BCUT2D eigenvalue weighted by molar-refractivity contribution is 5.80. The first-order valence-electron chi connectivity index (χ1n) is 7.91. The Morgan fingerprint density at radius 3 is 2.75 bits per heavy atom. The molecule has 1 aromatic heterocycles. The summed E-state index contributed by atoms with van der Waals surface area (Å²) in [6, 6.07) is 16.6. The number of para-hydroxylation sites is 1. The molecular formula is C19H20FN3O. The number of fused-ring (bicyclic) bond motifs is 1. The fourth-order valence-electron chi connectivity index (χ4n) is 2.53. The standard InChI is InChI=1S/C19H20FN3O/c1-21-19(22-10-9-14-5-4-7-16(20)11-14)23-13-17-12-15-6-2-3-8-18(15)24-17/h2-8,11-12H,9-10,13H2,1H3,(H2,21,22,23). The summed E-state index contributed by atoms with van der Waals surface area (Å²) >= 11 is 0. The number of benzene rings is 2. The average molecular weight is 325 g/mol. The molecule has 0 unspecified atom stereocenters. The van der Waals surface area contributed by atoms with E-state index in [0.29, 0.717) is 19.0 Å². The number of nitrogens with one attached hydrogen (secondary N) is 2. The zero-order valence-corrected chi connectivity index (χ0v) is 13.6. The Morgan fingerprint density at radius 2 is 1.96 bits per heavy atom. The van der Waals surface area contributed by atoms with E-state index in [2.05, 4.69) is 15.6 Å². The van der Waals surface area contributed by atoms with Crippen LogP contribution < -0.4 is 10.6 Å². The first-order chi connectivity index (χ1) is 11.7.